The van der Waals surface area contributed by atoms with Crippen molar-refractivity contribution in [3.05, 3.63) is 88.9 Å². The number of aryl methyl sites for hydroxylation is 2. The van der Waals surface area contributed by atoms with Gasteiger partial charge in [-0.1, -0.05) is 54.4 Å². The Morgan fingerprint density at radius 1 is 0.967 bits per heavy atom. The zero-order valence-electron chi connectivity index (χ0n) is 16.8. The number of amides is 1. The van der Waals surface area contributed by atoms with Gasteiger partial charge in [-0.05, 0) is 61.4 Å². The van der Waals surface area contributed by atoms with E-state index in [0.717, 1.165) is 11.1 Å². The highest BCUT2D eigenvalue weighted by Crippen LogP contribution is 2.28. The van der Waals surface area contributed by atoms with Crippen molar-refractivity contribution in [1.82, 2.24) is 0 Å². The molecule has 0 unspecified atom stereocenters. The maximum Gasteiger partial charge on any atom is 0.264 e. The lowest BCUT2D eigenvalue weighted by molar-refractivity contribution is -0.114. The van der Waals surface area contributed by atoms with Gasteiger partial charge >= 0.3 is 0 Å². The van der Waals surface area contributed by atoms with E-state index in [1.165, 1.54) is 4.31 Å². The van der Waals surface area contributed by atoms with E-state index >= 15 is 0 Å². The van der Waals surface area contributed by atoms with E-state index in [2.05, 4.69) is 5.32 Å². The van der Waals surface area contributed by atoms with Crippen LogP contribution in [0.3, 0.4) is 0 Å². The standard InChI is InChI=1S/C23H23ClN2O3S/c1-3-18-6-4-5-7-22(18)26(30(28,29)21-14-8-17(2)9-15-21)16-23(27)25-20-12-10-19(24)11-13-20/h4-15H,3,16H2,1-2H3,(H,25,27). The van der Waals surface area contributed by atoms with Gasteiger partial charge in [0.1, 0.15) is 6.54 Å². The van der Waals surface area contributed by atoms with Crippen LogP contribution in [0.4, 0.5) is 11.4 Å². The molecule has 0 saturated heterocycles. The Morgan fingerprint density at radius 2 is 1.60 bits per heavy atom. The second-order valence-corrected chi connectivity index (χ2v) is 9.16. The molecule has 7 heteroatoms. The molecule has 0 aromatic heterocycles. The Morgan fingerprint density at radius 3 is 2.23 bits per heavy atom. The van der Waals surface area contributed by atoms with E-state index in [1.54, 1.807) is 60.7 Å². The molecule has 0 radical (unpaired) electrons. The van der Waals surface area contributed by atoms with Crippen molar-refractivity contribution >= 4 is 38.9 Å². The molecule has 3 aromatic rings. The first-order chi connectivity index (χ1) is 14.3. The largest absolute Gasteiger partial charge is 0.325 e. The molecule has 0 aliphatic carbocycles. The average Bonchev–Trinajstić information content (AvgIpc) is 2.74. The molecule has 3 aromatic carbocycles. The monoisotopic (exact) mass is 442 g/mol. The number of benzene rings is 3. The lowest BCUT2D eigenvalue weighted by Crippen LogP contribution is -2.38. The third-order valence-electron chi connectivity index (χ3n) is 4.67. The van der Waals surface area contributed by atoms with Crippen LogP contribution in [0.2, 0.25) is 5.02 Å². The minimum Gasteiger partial charge on any atom is -0.325 e. The molecule has 0 aliphatic heterocycles. The third kappa shape index (κ3) is 5.01. The van der Waals surface area contributed by atoms with Gasteiger partial charge in [0.15, 0.2) is 0 Å². The maximum absolute atomic E-state index is 13.5. The molecule has 0 atom stereocenters. The molecular weight excluding hydrogens is 420 g/mol. The first kappa shape index (κ1) is 21.9. The van der Waals surface area contributed by atoms with Crippen LogP contribution in [0, 0.1) is 6.92 Å². The summed E-state index contributed by atoms with van der Waals surface area (Å²) in [6.45, 7) is 3.49. The number of rotatable bonds is 7. The van der Waals surface area contributed by atoms with Gasteiger partial charge in [-0.25, -0.2) is 8.42 Å². The molecule has 3 rings (SSSR count). The Hall–Kier alpha value is -2.83. The summed E-state index contributed by atoms with van der Waals surface area (Å²) < 4.78 is 28.1. The fourth-order valence-electron chi connectivity index (χ4n) is 3.05. The second-order valence-electron chi connectivity index (χ2n) is 6.86. The minimum atomic E-state index is -3.95. The van der Waals surface area contributed by atoms with Crippen LogP contribution >= 0.6 is 11.6 Å². The molecule has 30 heavy (non-hydrogen) atoms. The molecular formula is C23H23ClN2O3S. The average molecular weight is 443 g/mol. The quantitative estimate of drug-likeness (QED) is 0.557. The van der Waals surface area contributed by atoms with E-state index in [4.69, 9.17) is 11.6 Å². The van der Waals surface area contributed by atoms with Crippen molar-refractivity contribution in [1.29, 1.82) is 0 Å². The van der Waals surface area contributed by atoms with Crippen LogP contribution in [0.15, 0.2) is 77.7 Å². The summed E-state index contributed by atoms with van der Waals surface area (Å²) in [6, 6.07) is 20.5. The lowest BCUT2D eigenvalue weighted by Gasteiger charge is -2.26. The summed E-state index contributed by atoms with van der Waals surface area (Å²) in [5.41, 5.74) is 2.83. The van der Waals surface area contributed by atoms with E-state index in [0.29, 0.717) is 22.8 Å². The summed E-state index contributed by atoms with van der Waals surface area (Å²) in [4.78, 5) is 12.9. The van der Waals surface area contributed by atoms with Crippen molar-refractivity contribution in [2.45, 2.75) is 25.2 Å². The molecule has 0 saturated carbocycles. The highest BCUT2D eigenvalue weighted by atomic mass is 35.5. The van der Waals surface area contributed by atoms with Crippen LogP contribution in [0.1, 0.15) is 18.1 Å². The zero-order valence-corrected chi connectivity index (χ0v) is 18.4. The molecule has 0 aliphatic rings. The van der Waals surface area contributed by atoms with Crippen LogP contribution < -0.4 is 9.62 Å². The van der Waals surface area contributed by atoms with Gasteiger partial charge in [0, 0.05) is 10.7 Å². The summed E-state index contributed by atoms with van der Waals surface area (Å²) in [6.07, 6.45) is 0.634. The maximum atomic E-state index is 13.5. The third-order valence-corrected chi connectivity index (χ3v) is 6.69. The fourth-order valence-corrected chi connectivity index (χ4v) is 4.64. The van der Waals surface area contributed by atoms with E-state index in [1.807, 2.05) is 26.0 Å². The Kier molecular flexibility index (Phi) is 6.80. The first-order valence-corrected chi connectivity index (χ1v) is 11.4. The number of para-hydroxylation sites is 1. The summed E-state index contributed by atoms with van der Waals surface area (Å²) in [5, 5.41) is 3.29. The van der Waals surface area contributed by atoms with Crippen molar-refractivity contribution < 1.29 is 13.2 Å². The van der Waals surface area contributed by atoms with E-state index < -0.39 is 15.9 Å². The molecule has 0 spiro atoms. The van der Waals surface area contributed by atoms with Gasteiger partial charge in [-0.2, -0.15) is 0 Å². The number of halogens is 1. The van der Waals surface area contributed by atoms with Crippen molar-refractivity contribution in [2.75, 3.05) is 16.2 Å². The molecule has 0 fully saturated rings. The normalized spacial score (nSPS) is 11.2. The predicted octanol–water partition coefficient (Wildman–Crippen LogP) is 5.04. The predicted molar refractivity (Wildman–Crippen MR) is 122 cm³/mol. The number of carbonyl (C=O) groups is 1. The van der Waals surface area contributed by atoms with Crippen LogP contribution in [0.25, 0.3) is 0 Å². The minimum absolute atomic E-state index is 0.137. The number of anilines is 2. The Bertz CT molecular complexity index is 1130. The van der Waals surface area contributed by atoms with Gasteiger partial charge < -0.3 is 5.32 Å². The number of nitrogens with zero attached hydrogens (tertiary/aromatic N) is 1. The number of carbonyl (C=O) groups excluding carboxylic acids is 1. The molecule has 156 valence electrons. The molecule has 5 nitrogen and oxygen atoms in total. The second kappa shape index (κ2) is 9.32. The van der Waals surface area contributed by atoms with Crippen LogP contribution in [-0.4, -0.2) is 20.9 Å². The van der Waals surface area contributed by atoms with E-state index in [9.17, 15) is 13.2 Å². The van der Waals surface area contributed by atoms with Crippen molar-refractivity contribution in [2.24, 2.45) is 0 Å². The molecule has 1 N–H and O–H groups in total. The van der Waals surface area contributed by atoms with Crippen LogP contribution in [-0.2, 0) is 21.2 Å². The number of sulfonamides is 1. The van der Waals surface area contributed by atoms with Gasteiger partial charge in [-0.15, -0.1) is 0 Å². The highest BCUT2D eigenvalue weighted by Gasteiger charge is 2.28. The van der Waals surface area contributed by atoms with Crippen molar-refractivity contribution in [3.8, 4) is 0 Å². The Labute approximate surface area is 182 Å². The number of hydrogen-bond donors (Lipinski definition) is 1. The number of hydrogen-bond acceptors (Lipinski definition) is 3. The summed E-state index contributed by atoms with van der Waals surface area (Å²) >= 11 is 5.88. The zero-order chi connectivity index (χ0) is 21.7. The molecule has 1 amide bonds. The smallest absolute Gasteiger partial charge is 0.264 e. The lowest BCUT2D eigenvalue weighted by atomic mass is 10.1. The molecule has 0 heterocycles. The van der Waals surface area contributed by atoms with Crippen LogP contribution in [0.5, 0.6) is 0 Å². The van der Waals surface area contributed by atoms with Gasteiger partial charge in [0.25, 0.3) is 10.0 Å². The number of nitrogens with one attached hydrogen (secondary N) is 1. The summed E-state index contributed by atoms with van der Waals surface area (Å²) in [7, 11) is -3.95. The topological polar surface area (TPSA) is 66.5 Å². The highest BCUT2D eigenvalue weighted by molar-refractivity contribution is 7.92. The van der Waals surface area contributed by atoms with Gasteiger partial charge in [0.2, 0.25) is 5.91 Å². The first-order valence-electron chi connectivity index (χ1n) is 9.54. The van der Waals surface area contributed by atoms with E-state index in [-0.39, 0.29) is 11.4 Å². The van der Waals surface area contributed by atoms with Crippen molar-refractivity contribution in [3.63, 3.8) is 0 Å². The Balaban J connectivity index is 1.98. The van der Waals surface area contributed by atoms with Gasteiger partial charge in [0.05, 0.1) is 10.6 Å². The fraction of sp³-hybridized carbons (Fsp3) is 0.174. The summed E-state index contributed by atoms with van der Waals surface area (Å²) in [5.74, 6) is -0.445. The molecule has 0 bridgehead atoms. The SMILES string of the molecule is CCc1ccccc1N(CC(=O)Nc1ccc(Cl)cc1)S(=O)(=O)c1ccc(C)cc1. The van der Waals surface area contributed by atoms with Gasteiger partial charge in [-0.3, -0.25) is 9.10 Å².